The number of nitrogens with one attached hydrogen (secondary N) is 1. The Balaban J connectivity index is 2.27. The SMILES string of the molecule is CCNC(=O)OC(=O)C(C#N)N=Nc1cc(Cl)c(C(C#N)c2ccc(Cl)cc2)c(Cl)c1. The number of carbonyl (C=O) groups is 2. The van der Waals surface area contributed by atoms with Gasteiger partial charge in [-0.2, -0.15) is 20.8 Å². The fourth-order valence-electron chi connectivity index (χ4n) is 2.44. The Hall–Kier alpha value is -3.17. The molecular formula is C20H14Cl3N5O3. The summed E-state index contributed by atoms with van der Waals surface area (Å²) in [6.45, 7) is 1.88. The number of alkyl carbamates (subject to hydrolysis) is 1. The van der Waals surface area contributed by atoms with Crippen molar-refractivity contribution < 1.29 is 14.3 Å². The predicted molar refractivity (Wildman–Crippen MR) is 114 cm³/mol. The number of ether oxygens (including phenoxy) is 1. The second-order valence-electron chi connectivity index (χ2n) is 5.92. The standard InChI is InChI=1S/C20H14Cl3N5O3/c1-2-26-20(30)31-19(29)17(10-25)28-27-13-7-15(22)18(16(23)8-13)14(9-24)11-3-5-12(21)6-4-11/h3-8,14,17H,2H2,1H3,(H,26,30). The van der Waals surface area contributed by atoms with E-state index in [0.29, 0.717) is 16.1 Å². The third-order valence-electron chi connectivity index (χ3n) is 3.83. The van der Waals surface area contributed by atoms with Crippen LogP contribution in [0.15, 0.2) is 46.6 Å². The number of rotatable bonds is 6. The predicted octanol–water partition coefficient (Wildman–Crippen LogP) is 5.55. The molecule has 1 amide bonds. The first-order chi connectivity index (χ1) is 14.8. The molecule has 2 atom stereocenters. The lowest BCUT2D eigenvalue weighted by molar-refractivity contribution is -0.137. The molecule has 0 saturated heterocycles. The highest BCUT2D eigenvalue weighted by molar-refractivity contribution is 6.36. The van der Waals surface area contributed by atoms with Gasteiger partial charge in [0.1, 0.15) is 6.07 Å². The van der Waals surface area contributed by atoms with E-state index in [1.807, 2.05) is 0 Å². The first-order valence-corrected chi connectivity index (χ1v) is 9.88. The summed E-state index contributed by atoms with van der Waals surface area (Å²) in [5, 5.41) is 29.1. The molecule has 0 fully saturated rings. The molecule has 0 bridgehead atoms. The van der Waals surface area contributed by atoms with Gasteiger partial charge in [0.15, 0.2) is 0 Å². The van der Waals surface area contributed by atoms with Crippen molar-refractivity contribution in [1.82, 2.24) is 5.32 Å². The normalized spacial score (nSPS) is 12.5. The maximum Gasteiger partial charge on any atom is 0.414 e. The Labute approximate surface area is 193 Å². The van der Waals surface area contributed by atoms with Crippen molar-refractivity contribution in [3.8, 4) is 12.1 Å². The average molecular weight is 479 g/mol. The number of benzene rings is 2. The van der Waals surface area contributed by atoms with Crippen molar-refractivity contribution in [2.24, 2.45) is 10.2 Å². The van der Waals surface area contributed by atoms with Gasteiger partial charge in [-0.05, 0) is 36.8 Å². The molecule has 1 N–H and O–H groups in total. The van der Waals surface area contributed by atoms with Crippen molar-refractivity contribution in [1.29, 1.82) is 10.5 Å². The molecule has 0 heterocycles. The first-order valence-electron chi connectivity index (χ1n) is 8.74. The minimum atomic E-state index is -1.67. The van der Waals surface area contributed by atoms with E-state index in [-0.39, 0.29) is 22.3 Å². The number of halogens is 3. The molecule has 158 valence electrons. The molecular weight excluding hydrogens is 465 g/mol. The number of nitriles is 2. The van der Waals surface area contributed by atoms with Gasteiger partial charge >= 0.3 is 12.1 Å². The van der Waals surface area contributed by atoms with E-state index < -0.39 is 24.0 Å². The van der Waals surface area contributed by atoms with Gasteiger partial charge in [0.05, 0.1) is 17.7 Å². The number of esters is 1. The highest BCUT2D eigenvalue weighted by Crippen LogP contribution is 2.38. The number of nitrogens with zero attached hydrogens (tertiary/aromatic N) is 4. The third-order valence-corrected chi connectivity index (χ3v) is 4.71. The lowest BCUT2D eigenvalue weighted by Gasteiger charge is -2.14. The van der Waals surface area contributed by atoms with Gasteiger partial charge in [-0.15, -0.1) is 0 Å². The highest BCUT2D eigenvalue weighted by Gasteiger charge is 2.23. The Morgan fingerprint density at radius 1 is 1.10 bits per heavy atom. The molecule has 0 spiro atoms. The summed E-state index contributed by atoms with van der Waals surface area (Å²) >= 11 is 18.6. The summed E-state index contributed by atoms with van der Waals surface area (Å²) in [5.74, 6) is -1.94. The van der Waals surface area contributed by atoms with E-state index in [9.17, 15) is 14.9 Å². The fourth-order valence-corrected chi connectivity index (χ4v) is 3.26. The molecule has 0 aliphatic heterocycles. The molecule has 2 rings (SSSR count). The van der Waals surface area contributed by atoms with E-state index in [1.54, 1.807) is 37.3 Å². The molecule has 2 aromatic rings. The third kappa shape index (κ3) is 6.40. The number of hydrogen-bond acceptors (Lipinski definition) is 7. The van der Waals surface area contributed by atoms with Gasteiger partial charge in [-0.3, -0.25) is 0 Å². The summed E-state index contributed by atoms with van der Waals surface area (Å²) in [7, 11) is 0. The molecule has 0 aliphatic rings. The fraction of sp³-hybridized carbons (Fsp3) is 0.200. The Kier molecular flexibility index (Phi) is 8.77. The minimum Gasteiger partial charge on any atom is -0.374 e. The number of hydrogen-bond donors (Lipinski definition) is 1. The zero-order valence-electron chi connectivity index (χ0n) is 16.0. The van der Waals surface area contributed by atoms with Crippen LogP contribution >= 0.6 is 34.8 Å². The van der Waals surface area contributed by atoms with Gasteiger partial charge in [-0.25, -0.2) is 9.59 Å². The van der Waals surface area contributed by atoms with E-state index >= 15 is 0 Å². The Morgan fingerprint density at radius 3 is 2.23 bits per heavy atom. The average Bonchev–Trinajstić information content (AvgIpc) is 2.72. The quantitative estimate of drug-likeness (QED) is 0.330. The van der Waals surface area contributed by atoms with E-state index in [0.717, 1.165) is 0 Å². The molecule has 2 unspecified atom stereocenters. The van der Waals surface area contributed by atoms with Crippen LogP contribution in [-0.2, 0) is 9.53 Å². The molecule has 0 aromatic heterocycles. The van der Waals surface area contributed by atoms with Crippen molar-refractivity contribution in [3.63, 3.8) is 0 Å². The highest BCUT2D eigenvalue weighted by atomic mass is 35.5. The van der Waals surface area contributed by atoms with Crippen LogP contribution in [0, 0.1) is 22.7 Å². The molecule has 2 aromatic carbocycles. The van der Waals surface area contributed by atoms with Crippen LogP contribution in [0.5, 0.6) is 0 Å². The van der Waals surface area contributed by atoms with Crippen LogP contribution in [0.1, 0.15) is 24.0 Å². The minimum absolute atomic E-state index is 0.137. The van der Waals surface area contributed by atoms with Crippen molar-refractivity contribution in [2.45, 2.75) is 18.9 Å². The van der Waals surface area contributed by atoms with Crippen LogP contribution in [0.2, 0.25) is 15.1 Å². The molecule has 0 aliphatic carbocycles. The van der Waals surface area contributed by atoms with Crippen LogP contribution < -0.4 is 5.32 Å². The number of azo groups is 1. The van der Waals surface area contributed by atoms with Crippen LogP contribution in [-0.4, -0.2) is 24.6 Å². The van der Waals surface area contributed by atoms with E-state index in [2.05, 4.69) is 26.4 Å². The molecule has 0 saturated carbocycles. The second kappa shape index (κ2) is 11.3. The topological polar surface area (TPSA) is 128 Å². The lowest BCUT2D eigenvalue weighted by Crippen LogP contribution is -2.30. The van der Waals surface area contributed by atoms with Crippen LogP contribution in [0.25, 0.3) is 0 Å². The zero-order chi connectivity index (χ0) is 23.0. The van der Waals surface area contributed by atoms with Gasteiger partial charge in [0, 0.05) is 27.2 Å². The Bertz CT molecular complexity index is 1070. The first kappa shape index (κ1) is 24.1. The maximum atomic E-state index is 11.8. The number of amides is 1. The molecule has 11 heteroatoms. The lowest BCUT2D eigenvalue weighted by atomic mass is 9.92. The monoisotopic (exact) mass is 477 g/mol. The summed E-state index contributed by atoms with van der Waals surface area (Å²) in [6.07, 6.45) is -0.997. The van der Waals surface area contributed by atoms with Gasteiger partial charge in [0.25, 0.3) is 6.04 Å². The van der Waals surface area contributed by atoms with Crippen molar-refractivity contribution in [3.05, 3.63) is 62.6 Å². The summed E-state index contributed by atoms with van der Waals surface area (Å²) < 4.78 is 4.44. The van der Waals surface area contributed by atoms with Crippen molar-refractivity contribution >= 4 is 52.6 Å². The van der Waals surface area contributed by atoms with E-state index in [4.69, 9.17) is 40.1 Å². The summed E-state index contributed by atoms with van der Waals surface area (Å²) in [6, 6.07) is 11.5. The van der Waals surface area contributed by atoms with E-state index in [1.165, 1.54) is 12.1 Å². The maximum absolute atomic E-state index is 11.8. The summed E-state index contributed by atoms with van der Waals surface area (Å²) in [5.41, 5.74) is 1.14. The molecule has 8 nitrogen and oxygen atoms in total. The largest absolute Gasteiger partial charge is 0.414 e. The molecule has 31 heavy (non-hydrogen) atoms. The Morgan fingerprint density at radius 2 is 1.71 bits per heavy atom. The van der Waals surface area contributed by atoms with Crippen molar-refractivity contribution in [2.75, 3.05) is 6.54 Å². The number of carbonyl (C=O) groups excluding carboxylic acids is 2. The van der Waals surface area contributed by atoms with Crippen LogP contribution in [0.3, 0.4) is 0 Å². The zero-order valence-corrected chi connectivity index (χ0v) is 18.2. The van der Waals surface area contributed by atoms with Gasteiger partial charge < -0.3 is 10.1 Å². The summed E-state index contributed by atoms with van der Waals surface area (Å²) in [4.78, 5) is 23.1. The molecule has 0 radical (unpaired) electrons. The smallest absolute Gasteiger partial charge is 0.374 e. The second-order valence-corrected chi connectivity index (χ2v) is 7.17. The van der Waals surface area contributed by atoms with Gasteiger partial charge in [-0.1, -0.05) is 46.9 Å². The van der Waals surface area contributed by atoms with Crippen LogP contribution in [0.4, 0.5) is 10.5 Å². The van der Waals surface area contributed by atoms with Gasteiger partial charge in [0.2, 0.25) is 0 Å².